The Labute approximate surface area is 210 Å². The van der Waals surface area contributed by atoms with Gasteiger partial charge in [0.05, 0.1) is 0 Å². The van der Waals surface area contributed by atoms with Gasteiger partial charge in [-0.2, -0.15) is 0 Å². The maximum Gasteiger partial charge on any atom is 0.242 e. The van der Waals surface area contributed by atoms with Gasteiger partial charge in [0, 0.05) is 35.3 Å². The molecule has 0 heterocycles. The van der Waals surface area contributed by atoms with Crippen LogP contribution in [0.5, 0.6) is 0 Å². The standard InChI is InChI=1S/C28H31N3O3S/c1-19(32)29-21-13-15-22(16-14-21)31-27(34)26(20-9-6-5-7-10-20)35-24-12-8-11-23(17-24)30-25(33)18-28(2,3)4/h5-17,26H,18H2,1-4H3,(H,29,32)(H,30,33)(H,31,34). The molecule has 0 spiro atoms. The molecule has 0 radical (unpaired) electrons. The number of anilines is 3. The molecule has 3 aromatic carbocycles. The van der Waals surface area contributed by atoms with Gasteiger partial charge >= 0.3 is 0 Å². The number of carbonyl (C=O) groups excluding carboxylic acids is 3. The van der Waals surface area contributed by atoms with Crippen LogP contribution in [0.15, 0.2) is 83.8 Å². The second-order valence-electron chi connectivity index (χ2n) is 9.47. The summed E-state index contributed by atoms with van der Waals surface area (Å²) in [6.07, 6.45) is 0.417. The van der Waals surface area contributed by atoms with Gasteiger partial charge in [0.25, 0.3) is 0 Å². The highest BCUT2D eigenvalue weighted by atomic mass is 32.2. The monoisotopic (exact) mass is 489 g/mol. The summed E-state index contributed by atoms with van der Waals surface area (Å²) in [5.41, 5.74) is 2.76. The van der Waals surface area contributed by atoms with Gasteiger partial charge in [0.1, 0.15) is 5.25 Å². The molecule has 35 heavy (non-hydrogen) atoms. The summed E-state index contributed by atoms with van der Waals surface area (Å²) in [4.78, 5) is 37.8. The van der Waals surface area contributed by atoms with Crippen LogP contribution in [0.2, 0.25) is 0 Å². The number of carbonyl (C=O) groups is 3. The van der Waals surface area contributed by atoms with Gasteiger partial charge < -0.3 is 16.0 Å². The van der Waals surface area contributed by atoms with Crippen LogP contribution >= 0.6 is 11.8 Å². The number of nitrogens with one attached hydrogen (secondary N) is 3. The van der Waals surface area contributed by atoms with Crippen molar-refractivity contribution < 1.29 is 14.4 Å². The first-order valence-corrected chi connectivity index (χ1v) is 12.3. The SMILES string of the molecule is CC(=O)Nc1ccc(NC(=O)C(Sc2cccc(NC(=O)CC(C)(C)C)c2)c2ccccc2)cc1. The van der Waals surface area contributed by atoms with Crippen molar-refractivity contribution in [2.45, 2.75) is 44.3 Å². The van der Waals surface area contributed by atoms with E-state index in [1.165, 1.54) is 18.7 Å². The number of rotatable bonds is 8. The Balaban J connectivity index is 1.76. The van der Waals surface area contributed by atoms with Crippen LogP contribution < -0.4 is 16.0 Å². The molecular formula is C28H31N3O3S. The zero-order valence-corrected chi connectivity index (χ0v) is 21.2. The predicted octanol–water partition coefficient (Wildman–Crippen LogP) is 6.49. The quantitative estimate of drug-likeness (QED) is 0.316. The lowest BCUT2D eigenvalue weighted by Gasteiger charge is -2.19. The van der Waals surface area contributed by atoms with E-state index in [4.69, 9.17) is 0 Å². The van der Waals surface area contributed by atoms with Crippen molar-refractivity contribution in [3.63, 3.8) is 0 Å². The molecule has 0 aliphatic heterocycles. The van der Waals surface area contributed by atoms with Crippen molar-refractivity contribution in [3.05, 3.63) is 84.4 Å². The van der Waals surface area contributed by atoms with E-state index in [2.05, 4.69) is 16.0 Å². The molecule has 3 aromatic rings. The van der Waals surface area contributed by atoms with E-state index >= 15 is 0 Å². The van der Waals surface area contributed by atoms with Crippen molar-refractivity contribution in [2.24, 2.45) is 5.41 Å². The van der Waals surface area contributed by atoms with Crippen molar-refractivity contribution in [2.75, 3.05) is 16.0 Å². The van der Waals surface area contributed by atoms with Crippen LogP contribution in [0.3, 0.4) is 0 Å². The summed E-state index contributed by atoms with van der Waals surface area (Å²) in [5, 5.41) is 8.13. The highest BCUT2D eigenvalue weighted by Gasteiger charge is 2.23. The maximum atomic E-state index is 13.3. The first kappa shape index (κ1) is 26.0. The molecule has 0 aliphatic rings. The maximum absolute atomic E-state index is 13.3. The average molecular weight is 490 g/mol. The van der Waals surface area contributed by atoms with Gasteiger partial charge in [-0.15, -0.1) is 11.8 Å². The minimum absolute atomic E-state index is 0.0419. The summed E-state index contributed by atoms with van der Waals surface area (Å²) in [5.74, 6) is -0.366. The molecular weight excluding hydrogens is 458 g/mol. The normalized spacial score (nSPS) is 11.9. The smallest absolute Gasteiger partial charge is 0.242 e. The van der Waals surface area contributed by atoms with Gasteiger partial charge in [-0.3, -0.25) is 14.4 Å². The topological polar surface area (TPSA) is 87.3 Å². The van der Waals surface area contributed by atoms with Crippen LogP contribution in [-0.4, -0.2) is 17.7 Å². The summed E-state index contributed by atoms with van der Waals surface area (Å²) in [7, 11) is 0. The lowest BCUT2D eigenvalue weighted by atomic mass is 9.92. The predicted molar refractivity (Wildman–Crippen MR) is 144 cm³/mol. The molecule has 0 saturated heterocycles. The molecule has 0 saturated carbocycles. The van der Waals surface area contributed by atoms with E-state index in [-0.39, 0.29) is 23.1 Å². The first-order valence-electron chi connectivity index (χ1n) is 11.4. The number of benzene rings is 3. The molecule has 0 aliphatic carbocycles. The molecule has 1 unspecified atom stereocenters. The molecule has 3 amide bonds. The molecule has 0 bridgehead atoms. The number of hydrogen-bond donors (Lipinski definition) is 3. The Morgan fingerprint density at radius 2 is 1.40 bits per heavy atom. The van der Waals surface area contributed by atoms with Gasteiger partial charge in [0.15, 0.2) is 0 Å². The summed E-state index contributed by atoms with van der Waals surface area (Å²) >= 11 is 1.41. The summed E-state index contributed by atoms with van der Waals surface area (Å²) in [6, 6.07) is 24.1. The molecule has 0 aromatic heterocycles. The van der Waals surface area contributed by atoms with Crippen molar-refractivity contribution in [3.8, 4) is 0 Å². The van der Waals surface area contributed by atoms with Crippen molar-refractivity contribution >= 4 is 46.5 Å². The minimum atomic E-state index is -0.508. The van der Waals surface area contributed by atoms with Gasteiger partial charge in [-0.1, -0.05) is 57.2 Å². The van der Waals surface area contributed by atoms with Crippen LogP contribution in [0.1, 0.15) is 44.9 Å². The first-order chi connectivity index (χ1) is 16.6. The third-order valence-corrected chi connectivity index (χ3v) is 6.12. The molecule has 1 atom stereocenters. The fourth-order valence-corrected chi connectivity index (χ4v) is 4.50. The third-order valence-electron chi connectivity index (χ3n) is 4.88. The Hall–Kier alpha value is -3.58. The summed E-state index contributed by atoms with van der Waals surface area (Å²) in [6.45, 7) is 7.52. The minimum Gasteiger partial charge on any atom is -0.326 e. The van der Waals surface area contributed by atoms with Crippen LogP contribution in [0.25, 0.3) is 0 Å². The van der Waals surface area contributed by atoms with E-state index in [0.29, 0.717) is 23.5 Å². The molecule has 0 fully saturated rings. The molecule has 3 rings (SSSR count). The number of thioether (sulfide) groups is 1. The van der Waals surface area contributed by atoms with E-state index in [0.717, 1.165) is 10.5 Å². The second kappa shape index (κ2) is 11.7. The number of amides is 3. The Bertz CT molecular complexity index is 1170. The molecule has 6 nitrogen and oxygen atoms in total. The Kier molecular flexibility index (Phi) is 8.71. The Morgan fingerprint density at radius 1 is 0.771 bits per heavy atom. The molecule has 182 valence electrons. The van der Waals surface area contributed by atoms with E-state index in [9.17, 15) is 14.4 Å². The van der Waals surface area contributed by atoms with Gasteiger partial charge in [-0.25, -0.2) is 0 Å². The molecule has 3 N–H and O–H groups in total. The van der Waals surface area contributed by atoms with Gasteiger partial charge in [0.2, 0.25) is 17.7 Å². The zero-order valence-electron chi connectivity index (χ0n) is 20.4. The lowest BCUT2D eigenvalue weighted by Crippen LogP contribution is -2.20. The van der Waals surface area contributed by atoms with Crippen LogP contribution in [-0.2, 0) is 14.4 Å². The number of hydrogen-bond acceptors (Lipinski definition) is 4. The summed E-state index contributed by atoms with van der Waals surface area (Å²) < 4.78 is 0. The van der Waals surface area contributed by atoms with Crippen molar-refractivity contribution in [1.82, 2.24) is 0 Å². The van der Waals surface area contributed by atoms with Crippen LogP contribution in [0.4, 0.5) is 17.1 Å². The highest BCUT2D eigenvalue weighted by molar-refractivity contribution is 8.00. The fraction of sp³-hybridized carbons (Fsp3) is 0.250. The Morgan fingerprint density at radius 3 is 2.00 bits per heavy atom. The van der Waals surface area contributed by atoms with Gasteiger partial charge in [-0.05, 0) is 53.4 Å². The fourth-order valence-electron chi connectivity index (χ4n) is 3.42. The highest BCUT2D eigenvalue weighted by Crippen LogP contribution is 2.37. The zero-order chi connectivity index (χ0) is 25.4. The average Bonchev–Trinajstić information content (AvgIpc) is 2.78. The largest absolute Gasteiger partial charge is 0.326 e. The lowest BCUT2D eigenvalue weighted by molar-refractivity contribution is -0.118. The van der Waals surface area contributed by atoms with E-state index in [1.54, 1.807) is 24.3 Å². The third kappa shape index (κ3) is 8.61. The van der Waals surface area contributed by atoms with E-state index in [1.807, 2.05) is 75.4 Å². The molecule has 7 heteroatoms. The van der Waals surface area contributed by atoms with Crippen molar-refractivity contribution in [1.29, 1.82) is 0 Å². The second-order valence-corrected chi connectivity index (χ2v) is 10.6. The van der Waals surface area contributed by atoms with Crippen LogP contribution in [0, 0.1) is 5.41 Å². The van der Waals surface area contributed by atoms with E-state index < -0.39 is 5.25 Å².